The van der Waals surface area contributed by atoms with Gasteiger partial charge in [-0.1, -0.05) is 12.1 Å². The van der Waals surface area contributed by atoms with Crippen molar-refractivity contribution in [3.05, 3.63) is 67.0 Å². The van der Waals surface area contributed by atoms with Gasteiger partial charge in [-0.2, -0.15) is 4.98 Å². The van der Waals surface area contributed by atoms with Gasteiger partial charge in [-0.25, -0.2) is 13.4 Å². The van der Waals surface area contributed by atoms with Crippen molar-refractivity contribution in [3.8, 4) is 5.69 Å². The molecule has 3 heterocycles. The molecule has 0 saturated carbocycles. The summed E-state index contributed by atoms with van der Waals surface area (Å²) in [6.45, 7) is 9.19. The fraction of sp³-hybridized carbons (Fsp3) is 0.333. The third-order valence-corrected chi connectivity index (χ3v) is 8.73. The maximum atomic E-state index is 12.8. The van der Waals surface area contributed by atoms with Crippen LogP contribution in [0.4, 0.5) is 23.0 Å². The Bertz CT molecular complexity index is 1500. The third-order valence-electron chi connectivity index (χ3n) is 6.63. The highest BCUT2D eigenvalue weighted by Gasteiger charge is 2.29. The molecular weight excluding hydrogens is 486 g/mol. The van der Waals surface area contributed by atoms with Crippen LogP contribution in [0, 0.1) is 0 Å². The number of fused-ring (bicyclic) bond motifs is 1. The number of nitrogens with zero attached hydrogens (tertiary/aromatic N) is 5. The van der Waals surface area contributed by atoms with Crippen LogP contribution in [0.1, 0.15) is 20.8 Å². The molecule has 2 aromatic heterocycles. The van der Waals surface area contributed by atoms with Crippen LogP contribution in [-0.4, -0.2) is 65.8 Å². The van der Waals surface area contributed by atoms with Gasteiger partial charge in [-0.3, -0.25) is 9.29 Å². The Morgan fingerprint density at radius 1 is 0.919 bits per heavy atom. The Hall–Kier alpha value is -3.63. The van der Waals surface area contributed by atoms with E-state index in [0.717, 1.165) is 37.3 Å². The number of aromatic nitrogens is 3. The summed E-state index contributed by atoms with van der Waals surface area (Å²) in [4.78, 5) is 14.0. The van der Waals surface area contributed by atoms with Crippen molar-refractivity contribution in [3.63, 3.8) is 0 Å². The molecule has 37 heavy (non-hydrogen) atoms. The van der Waals surface area contributed by atoms with E-state index in [-0.39, 0.29) is 0 Å². The molecule has 194 valence electrons. The number of sulfonamides is 1. The molecule has 1 fully saturated rings. The van der Waals surface area contributed by atoms with Crippen molar-refractivity contribution in [1.29, 1.82) is 0 Å². The zero-order chi connectivity index (χ0) is 26.2. The van der Waals surface area contributed by atoms with Crippen molar-refractivity contribution >= 4 is 44.1 Å². The first-order valence-electron chi connectivity index (χ1n) is 12.4. The van der Waals surface area contributed by atoms with Gasteiger partial charge in [0.05, 0.1) is 16.1 Å². The van der Waals surface area contributed by atoms with Gasteiger partial charge in [0.2, 0.25) is 16.0 Å². The van der Waals surface area contributed by atoms with E-state index >= 15 is 0 Å². The summed E-state index contributed by atoms with van der Waals surface area (Å²) in [5.41, 5.74) is 3.95. The predicted octanol–water partition coefficient (Wildman–Crippen LogP) is 4.46. The minimum atomic E-state index is -3.60. The molecule has 2 N–H and O–H groups in total. The first-order valence-corrected chi connectivity index (χ1v) is 13.9. The Morgan fingerprint density at radius 2 is 1.62 bits per heavy atom. The number of likely N-dealkylation sites (N-methyl/N-ethyl adjacent to an activating group) is 1. The SMILES string of the molecule is CN1CCN(c2ccc(Nc3ncc4ccn(-c5ccccc5NS(=O)(=O)C(C)(C)C)c4n3)cc2)CC1. The predicted molar refractivity (Wildman–Crippen MR) is 151 cm³/mol. The average Bonchev–Trinajstić information content (AvgIpc) is 3.28. The lowest BCUT2D eigenvalue weighted by Gasteiger charge is -2.34. The summed E-state index contributed by atoms with van der Waals surface area (Å²) in [5, 5.41) is 4.15. The molecule has 1 saturated heterocycles. The van der Waals surface area contributed by atoms with E-state index in [1.165, 1.54) is 5.69 Å². The zero-order valence-electron chi connectivity index (χ0n) is 21.6. The minimum Gasteiger partial charge on any atom is -0.369 e. The summed E-state index contributed by atoms with van der Waals surface area (Å²) in [7, 11) is -1.44. The summed E-state index contributed by atoms with van der Waals surface area (Å²) in [6, 6.07) is 17.5. The Morgan fingerprint density at radius 3 is 2.32 bits per heavy atom. The lowest BCUT2D eigenvalue weighted by molar-refractivity contribution is 0.313. The van der Waals surface area contributed by atoms with Crippen molar-refractivity contribution in [2.45, 2.75) is 25.5 Å². The van der Waals surface area contributed by atoms with Gasteiger partial charge in [0.1, 0.15) is 5.65 Å². The van der Waals surface area contributed by atoms with Crippen molar-refractivity contribution in [1.82, 2.24) is 19.4 Å². The molecule has 0 unspecified atom stereocenters. The molecule has 0 aliphatic carbocycles. The molecule has 0 amide bonds. The molecule has 0 spiro atoms. The highest BCUT2D eigenvalue weighted by atomic mass is 32.2. The van der Waals surface area contributed by atoms with Gasteiger partial charge in [-0.15, -0.1) is 0 Å². The molecule has 1 aliphatic rings. The molecule has 0 atom stereocenters. The summed E-state index contributed by atoms with van der Waals surface area (Å²) in [6.07, 6.45) is 3.64. The quantitative estimate of drug-likeness (QED) is 0.388. The van der Waals surface area contributed by atoms with E-state index in [0.29, 0.717) is 23.0 Å². The van der Waals surface area contributed by atoms with Gasteiger partial charge in [0.25, 0.3) is 0 Å². The van der Waals surface area contributed by atoms with Crippen molar-refractivity contribution in [2.75, 3.05) is 48.2 Å². The number of benzene rings is 2. The molecule has 10 heteroatoms. The average molecular weight is 520 g/mol. The van der Waals surface area contributed by atoms with Crippen LogP contribution in [-0.2, 0) is 10.0 Å². The Balaban J connectivity index is 1.41. The van der Waals surface area contributed by atoms with Crippen LogP contribution in [0.2, 0.25) is 0 Å². The van der Waals surface area contributed by atoms with E-state index in [1.54, 1.807) is 33.0 Å². The molecule has 4 aromatic rings. The molecule has 9 nitrogen and oxygen atoms in total. The largest absolute Gasteiger partial charge is 0.369 e. The first-order chi connectivity index (χ1) is 17.6. The normalized spacial score (nSPS) is 15.2. The van der Waals surface area contributed by atoms with E-state index in [1.807, 2.05) is 47.2 Å². The highest BCUT2D eigenvalue weighted by Crippen LogP contribution is 2.29. The first kappa shape index (κ1) is 25.0. The van der Waals surface area contributed by atoms with Gasteiger partial charge < -0.3 is 15.1 Å². The number of rotatable bonds is 6. The van der Waals surface area contributed by atoms with Crippen LogP contribution in [0.5, 0.6) is 0 Å². The number of hydrogen-bond donors (Lipinski definition) is 2. The van der Waals surface area contributed by atoms with Gasteiger partial charge >= 0.3 is 0 Å². The smallest absolute Gasteiger partial charge is 0.237 e. The van der Waals surface area contributed by atoms with Crippen LogP contribution in [0.25, 0.3) is 16.7 Å². The fourth-order valence-electron chi connectivity index (χ4n) is 4.19. The lowest BCUT2D eigenvalue weighted by atomic mass is 10.2. The lowest BCUT2D eigenvalue weighted by Crippen LogP contribution is -2.44. The maximum Gasteiger partial charge on any atom is 0.237 e. The number of nitrogens with one attached hydrogen (secondary N) is 2. The third kappa shape index (κ3) is 5.26. The minimum absolute atomic E-state index is 0.465. The van der Waals surface area contributed by atoms with E-state index in [4.69, 9.17) is 4.98 Å². The molecule has 0 radical (unpaired) electrons. The second-order valence-electron chi connectivity index (χ2n) is 10.4. The molecule has 2 aromatic carbocycles. The summed E-state index contributed by atoms with van der Waals surface area (Å²) < 4.78 is 29.4. The molecule has 0 bridgehead atoms. The topological polar surface area (TPSA) is 95.4 Å². The standard InChI is InChI=1S/C27H33N7O2S/c1-27(2,3)37(35,36)31-23-7-5-6-8-24(23)34-14-13-20-19-28-26(30-25(20)34)29-21-9-11-22(12-10-21)33-17-15-32(4)16-18-33/h5-14,19,31H,15-18H2,1-4H3,(H,28,29,30). The van der Waals surface area contributed by atoms with Crippen LogP contribution >= 0.6 is 0 Å². The summed E-state index contributed by atoms with van der Waals surface area (Å²) >= 11 is 0. The van der Waals surface area contributed by atoms with Crippen molar-refractivity contribution in [2.24, 2.45) is 0 Å². The van der Waals surface area contributed by atoms with Crippen LogP contribution in [0.3, 0.4) is 0 Å². The zero-order valence-corrected chi connectivity index (χ0v) is 22.5. The molecule has 5 rings (SSSR count). The molecular formula is C27H33N7O2S. The summed E-state index contributed by atoms with van der Waals surface area (Å²) in [5.74, 6) is 0.465. The van der Waals surface area contributed by atoms with Gasteiger partial charge in [-0.05, 0) is 70.3 Å². The van der Waals surface area contributed by atoms with Crippen LogP contribution < -0.4 is 14.9 Å². The van der Waals surface area contributed by atoms with E-state index in [9.17, 15) is 8.42 Å². The van der Waals surface area contributed by atoms with Gasteiger partial charge in [0.15, 0.2) is 0 Å². The monoisotopic (exact) mass is 519 g/mol. The van der Waals surface area contributed by atoms with Crippen LogP contribution in [0.15, 0.2) is 67.0 Å². The fourth-order valence-corrected chi connectivity index (χ4v) is 4.96. The second kappa shape index (κ2) is 9.68. The number of hydrogen-bond acceptors (Lipinski definition) is 7. The Kier molecular flexibility index (Phi) is 6.55. The van der Waals surface area contributed by atoms with Gasteiger partial charge in [0, 0.05) is 55.3 Å². The van der Waals surface area contributed by atoms with E-state index < -0.39 is 14.8 Å². The Labute approximate surface area is 218 Å². The highest BCUT2D eigenvalue weighted by molar-refractivity contribution is 7.94. The molecule has 1 aliphatic heterocycles. The number of piperazine rings is 1. The van der Waals surface area contributed by atoms with Crippen molar-refractivity contribution < 1.29 is 8.42 Å². The second-order valence-corrected chi connectivity index (χ2v) is 12.8. The van der Waals surface area contributed by atoms with E-state index in [2.05, 4.69) is 44.0 Å². The number of anilines is 4. The maximum absolute atomic E-state index is 12.8. The number of para-hydroxylation sites is 2.